The summed E-state index contributed by atoms with van der Waals surface area (Å²) in [6.07, 6.45) is 10.6. The molecular weight excluding hydrogens is 310 g/mol. The second-order valence-corrected chi connectivity index (χ2v) is 7.28. The number of nitrogens with zero attached hydrogens (tertiary/aromatic N) is 3. The SMILES string of the molecule is CC1(CC(CCCCOc2cccc(Cl)c2)n2cncn2)CC1. The van der Waals surface area contributed by atoms with Crippen molar-refractivity contribution in [2.75, 3.05) is 6.61 Å². The molecule has 1 aromatic heterocycles. The van der Waals surface area contributed by atoms with Crippen LogP contribution < -0.4 is 4.74 Å². The highest BCUT2D eigenvalue weighted by Gasteiger charge is 2.39. The molecular formula is C18H24ClN3O. The Hall–Kier alpha value is -1.55. The van der Waals surface area contributed by atoms with Crippen LogP contribution in [0.3, 0.4) is 0 Å². The van der Waals surface area contributed by atoms with Crippen LogP contribution in [-0.2, 0) is 0 Å². The zero-order chi connectivity index (χ0) is 16.1. The molecule has 0 N–H and O–H groups in total. The molecule has 1 aromatic carbocycles. The van der Waals surface area contributed by atoms with Gasteiger partial charge in [0.2, 0.25) is 0 Å². The van der Waals surface area contributed by atoms with E-state index in [9.17, 15) is 0 Å². The summed E-state index contributed by atoms with van der Waals surface area (Å²) in [5.41, 5.74) is 0.522. The number of halogens is 1. The van der Waals surface area contributed by atoms with Gasteiger partial charge >= 0.3 is 0 Å². The van der Waals surface area contributed by atoms with Crippen molar-refractivity contribution in [1.29, 1.82) is 0 Å². The van der Waals surface area contributed by atoms with E-state index in [2.05, 4.69) is 17.0 Å². The van der Waals surface area contributed by atoms with Crippen molar-refractivity contribution >= 4 is 11.6 Å². The van der Waals surface area contributed by atoms with E-state index in [0.29, 0.717) is 16.5 Å². The number of unbranched alkanes of at least 4 members (excludes halogenated alkanes) is 1. The average molecular weight is 334 g/mol. The van der Waals surface area contributed by atoms with E-state index < -0.39 is 0 Å². The topological polar surface area (TPSA) is 39.9 Å². The van der Waals surface area contributed by atoms with Crippen LogP contribution in [0.2, 0.25) is 5.02 Å². The zero-order valence-electron chi connectivity index (χ0n) is 13.6. The Balaban J connectivity index is 1.42. The highest BCUT2D eigenvalue weighted by atomic mass is 35.5. The standard InChI is InChI=1S/C18H24ClN3O/c1-18(8-9-18)12-16(22-14-20-13-21-22)6-2-3-10-23-17-7-4-5-15(19)11-17/h4-5,7,11,13-14,16H,2-3,6,8-10,12H2,1H3. The molecule has 3 rings (SSSR count). The Morgan fingerprint density at radius 1 is 1.35 bits per heavy atom. The largest absolute Gasteiger partial charge is 0.494 e. The summed E-state index contributed by atoms with van der Waals surface area (Å²) in [6, 6.07) is 8.02. The van der Waals surface area contributed by atoms with Gasteiger partial charge in [-0.05, 0) is 62.1 Å². The Morgan fingerprint density at radius 3 is 2.91 bits per heavy atom. The molecule has 23 heavy (non-hydrogen) atoms. The second-order valence-electron chi connectivity index (χ2n) is 6.85. The Morgan fingerprint density at radius 2 is 2.22 bits per heavy atom. The monoisotopic (exact) mass is 333 g/mol. The zero-order valence-corrected chi connectivity index (χ0v) is 14.4. The fourth-order valence-corrected chi connectivity index (χ4v) is 3.13. The molecule has 5 heteroatoms. The van der Waals surface area contributed by atoms with Gasteiger partial charge < -0.3 is 4.74 Å². The molecule has 4 nitrogen and oxygen atoms in total. The molecule has 2 aromatic rings. The Kier molecular flexibility index (Phi) is 5.21. The summed E-state index contributed by atoms with van der Waals surface area (Å²) in [7, 11) is 0. The summed E-state index contributed by atoms with van der Waals surface area (Å²) in [5.74, 6) is 0.843. The van der Waals surface area contributed by atoms with E-state index in [1.165, 1.54) is 19.3 Å². The molecule has 0 saturated heterocycles. The summed E-state index contributed by atoms with van der Waals surface area (Å²) < 4.78 is 7.78. The number of hydrogen-bond donors (Lipinski definition) is 0. The van der Waals surface area contributed by atoms with Gasteiger partial charge in [-0.3, -0.25) is 0 Å². The molecule has 1 fully saturated rings. The fourth-order valence-electron chi connectivity index (χ4n) is 2.95. The molecule has 1 saturated carbocycles. The average Bonchev–Trinajstić information content (AvgIpc) is 3.03. The van der Waals surface area contributed by atoms with Gasteiger partial charge in [-0.15, -0.1) is 0 Å². The molecule has 0 radical (unpaired) electrons. The maximum absolute atomic E-state index is 5.96. The number of ether oxygens (including phenoxy) is 1. The van der Waals surface area contributed by atoms with Gasteiger partial charge in [0.1, 0.15) is 18.4 Å². The van der Waals surface area contributed by atoms with Gasteiger partial charge in [0.05, 0.1) is 12.6 Å². The highest BCUT2D eigenvalue weighted by molar-refractivity contribution is 6.30. The Labute approximate surface area is 142 Å². The van der Waals surface area contributed by atoms with Crippen molar-refractivity contribution in [2.24, 2.45) is 5.41 Å². The quantitative estimate of drug-likeness (QED) is 0.612. The Bertz CT molecular complexity index is 610. The van der Waals surface area contributed by atoms with Crippen LogP contribution in [0, 0.1) is 5.41 Å². The minimum absolute atomic E-state index is 0.455. The minimum atomic E-state index is 0.455. The first-order valence-corrected chi connectivity index (χ1v) is 8.75. The molecule has 1 aliphatic rings. The lowest BCUT2D eigenvalue weighted by Crippen LogP contribution is -2.14. The maximum Gasteiger partial charge on any atom is 0.137 e. The van der Waals surface area contributed by atoms with E-state index in [1.807, 2.05) is 35.3 Å². The summed E-state index contributed by atoms with van der Waals surface area (Å²) in [5, 5.41) is 5.06. The number of rotatable bonds is 9. The van der Waals surface area contributed by atoms with Crippen LogP contribution in [0.4, 0.5) is 0 Å². The fraction of sp³-hybridized carbons (Fsp3) is 0.556. The highest BCUT2D eigenvalue weighted by Crippen LogP contribution is 2.51. The molecule has 1 unspecified atom stereocenters. The van der Waals surface area contributed by atoms with Crippen molar-refractivity contribution in [3.63, 3.8) is 0 Å². The maximum atomic E-state index is 5.96. The van der Waals surface area contributed by atoms with Gasteiger partial charge in [0, 0.05) is 5.02 Å². The van der Waals surface area contributed by atoms with Crippen molar-refractivity contribution in [2.45, 2.75) is 51.5 Å². The smallest absolute Gasteiger partial charge is 0.137 e. The van der Waals surface area contributed by atoms with E-state index in [4.69, 9.17) is 16.3 Å². The lowest BCUT2D eigenvalue weighted by Gasteiger charge is -2.20. The van der Waals surface area contributed by atoms with Gasteiger partial charge in [-0.1, -0.05) is 24.6 Å². The van der Waals surface area contributed by atoms with Crippen molar-refractivity contribution in [3.8, 4) is 5.75 Å². The molecule has 0 amide bonds. The summed E-state index contributed by atoms with van der Waals surface area (Å²) in [4.78, 5) is 4.10. The molecule has 1 heterocycles. The van der Waals surface area contributed by atoms with Crippen molar-refractivity contribution < 1.29 is 4.74 Å². The second kappa shape index (κ2) is 7.35. The summed E-state index contributed by atoms with van der Waals surface area (Å²) >= 11 is 5.96. The van der Waals surface area contributed by atoms with E-state index in [-0.39, 0.29) is 0 Å². The normalized spacial score (nSPS) is 17.0. The van der Waals surface area contributed by atoms with Gasteiger partial charge in [0.25, 0.3) is 0 Å². The van der Waals surface area contributed by atoms with Gasteiger partial charge in [-0.2, -0.15) is 5.10 Å². The number of aromatic nitrogens is 3. The van der Waals surface area contributed by atoms with Crippen molar-refractivity contribution in [3.05, 3.63) is 41.9 Å². The van der Waals surface area contributed by atoms with Crippen molar-refractivity contribution in [1.82, 2.24) is 14.8 Å². The van der Waals surface area contributed by atoms with Crippen LogP contribution >= 0.6 is 11.6 Å². The van der Waals surface area contributed by atoms with Crippen LogP contribution in [0.5, 0.6) is 5.75 Å². The van der Waals surface area contributed by atoms with Crippen LogP contribution in [-0.4, -0.2) is 21.4 Å². The number of hydrogen-bond acceptors (Lipinski definition) is 3. The first-order valence-electron chi connectivity index (χ1n) is 8.37. The molecule has 0 aliphatic heterocycles. The van der Waals surface area contributed by atoms with E-state index >= 15 is 0 Å². The molecule has 0 spiro atoms. The third kappa shape index (κ3) is 4.96. The predicted molar refractivity (Wildman–Crippen MR) is 91.8 cm³/mol. The third-order valence-electron chi connectivity index (χ3n) is 4.64. The van der Waals surface area contributed by atoms with E-state index in [0.717, 1.165) is 31.6 Å². The first kappa shape index (κ1) is 16.3. The molecule has 0 bridgehead atoms. The first-order chi connectivity index (χ1) is 11.1. The van der Waals surface area contributed by atoms with Crippen LogP contribution in [0.15, 0.2) is 36.9 Å². The lowest BCUT2D eigenvalue weighted by atomic mass is 9.95. The lowest BCUT2D eigenvalue weighted by molar-refractivity contribution is 0.281. The minimum Gasteiger partial charge on any atom is -0.494 e. The number of benzene rings is 1. The third-order valence-corrected chi connectivity index (χ3v) is 4.87. The van der Waals surface area contributed by atoms with Gasteiger partial charge in [-0.25, -0.2) is 9.67 Å². The predicted octanol–water partition coefficient (Wildman–Crippen LogP) is 4.91. The van der Waals surface area contributed by atoms with Crippen LogP contribution in [0.25, 0.3) is 0 Å². The van der Waals surface area contributed by atoms with Crippen LogP contribution in [0.1, 0.15) is 51.5 Å². The summed E-state index contributed by atoms with van der Waals surface area (Å²) in [6.45, 7) is 3.10. The van der Waals surface area contributed by atoms with Gasteiger partial charge in [0.15, 0.2) is 0 Å². The molecule has 124 valence electrons. The van der Waals surface area contributed by atoms with E-state index in [1.54, 1.807) is 6.33 Å². The molecule has 1 aliphatic carbocycles. The molecule has 1 atom stereocenters.